The Hall–Kier alpha value is -2.85. The zero-order chi connectivity index (χ0) is 16.2. The second kappa shape index (κ2) is 6.50. The number of pyridine rings is 1. The lowest BCUT2D eigenvalue weighted by molar-refractivity contribution is -0.383. The Morgan fingerprint density at radius 2 is 1.91 bits per heavy atom. The summed E-state index contributed by atoms with van der Waals surface area (Å²) in [6.07, 6.45) is 4.21. The Kier molecular flexibility index (Phi) is 4.26. The monoisotopic (exact) mass is 349 g/mol. The highest BCUT2D eigenvalue weighted by Crippen LogP contribution is 2.32. The third kappa shape index (κ3) is 3.49. The molecule has 0 spiro atoms. The molecule has 0 atom stereocenters. The topological polar surface area (TPSA) is 119 Å². The van der Waals surface area contributed by atoms with Crippen LogP contribution >= 0.6 is 22.9 Å². The molecule has 3 heterocycles. The van der Waals surface area contributed by atoms with Gasteiger partial charge in [-0.3, -0.25) is 10.1 Å². The Bertz CT molecular complexity index is 826. The highest BCUT2D eigenvalue weighted by atomic mass is 35.5. The van der Waals surface area contributed by atoms with Gasteiger partial charge in [-0.2, -0.15) is 0 Å². The molecular weight excluding hydrogens is 342 g/mol. The minimum absolute atomic E-state index is 0.0129. The van der Waals surface area contributed by atoms with Crippen LogP contribution in [0.2, 0.25) is 5.02 Å². The Balaban J connectivity index is 1.96. The molecule has 0 saturated carbocycles. The number of nitrogens with one attached hydrogen (secondary N) is 2. The highest BCUT2D eigenvalue weighted by Gasteiger charge is 2.24. The molecule has 2 N–H and O–H groups in total. The number of aromatic nitrogens is 4. The summed E-state index contributed by atoms with van der Waals surface area (Å²) in [5.41, 5.74) is -0.306. The van der Waals surface area contributed by atoms with Crippen molar-refractivity contribution in [1.82, 2.24) is 19.9 Å². The lowest BCUT2D eigenvalue weighted by atomic mass is 10.4. The van der Waals surface area contributed by atoms with Gasteiger partial charge in [0, 0.05) is 17.8 Å². The van der Waals surface area contributed by atoms with Crippen LogP contribution in [0.4, 0.5) is 28.3 Å². The van der Waals surface area contributed by atoms with Gasteiger partial charge in [0.25, 0.3) is 0 Å². The van der Waals surface area contributed by atoms with Crippen LogP contribution in [0.1, 0.15) is 0 Å². The molecule has 23 heavy (non-hydrogen) atoms. The molecule has 3 rings (SSSR count). The third-order valence-corrected chi connectivity index (χ3v) is 3.55. The fraction of sp³-hybridized carbons (Fsp3) is 0. The number of hydrogen-bond acceptors (Lipinski definition) is 9. The van der Waals surface area contributed by atoms with Gasteiger partial charge in [-0.25, -0.2) is 19.9 Å². The van der Waals surface area contributed by atoms with Crippen LogP contribution < -0.4 is 10.6 Å². The lowest BCUT2D eigenvalue weighted by Crippen LogP contribution is -2.06. The Labute approximate surface area is 138 Å². The van der Waals surface area contributed by atoms with E-state index in [1.807, 2.05) is 0 Å². The molecule has 11 heteroatoms. The van der Waals surface area contributed by atoms with Crippen LogP contribution in [0.15, 0.2) is 36.2 Å². The SMILES string of the molecule is O=[N+]([O-])c1c(Nc2ccc(Cl)cn2)ncnc1Nc1nccs1. The Morgan fingerprint density at radius 1 is 1.13 bits per heavy atom. The number of nitro groups is 1. The van der Waals surface area contributed by atoms with Gasteiger partial charge in [0.05, 0.1) is 9.95 Å². The molecule has 0 aliphatic rings. The summed E-state index contributed by atoms with van der Waals surface area (Å²) in [5, 5.41) is 19.7. The number of nitrogens with zero attached hydrogens (tertiary/aromatic N) is 5. The molecule has 0 aromatic carbocycles. The maximum Gasteiger partial charge on any atom is 0.354 e. The van der Waals surface area contributed by atoms with Crippen molar-refractivity contribution in [2.45, 2.75) is 0 Å². The largest absolute Gasteiger partial charge is 0.354 e. The van der Waals surface area contributed by atoms with Crippen molar-refractivity contribution < 1.29 is 4.92 Å². The van der Waals surface area contributed by atoms with E-state index in [-0.39, 0.29) is 17.3 Å². The van der Waals surface area contributed by atoms with E-state index in [0.29, 0.717) is 16.0 Å². The van der Waals surface area contributed by atoms with Crippen LogP contribution in [-0.4, -0.2) is 24.9 Å². The fourth-order valence-electron chi connectivity index (χ4n) is 1.69. The summed E-state index contributed by atoms with van der Waals surface area (Å²) in [5.74, 6) is 0.423. The fourth-order valence-corrected chi connectivity index (χ4v) is 2.33. The predicted octanol–water partition coefficient (Wildman–Crippen LogP) is 3.38. The molecule has 116 valence electrons. The molecule has 0 aliphatic heterocycles. The van der Waals surface area contributed by atoms with Crippen molar-refractivity contribution in [1.29, 1.82) is 0 Å². The number of halogens is 1. The molecule has 3 aromatic rings. The van der Waals surface area contributed by atoms with E-state index in [4.69, 9.17) is 11.6 Å². The summed E-state index contributed by atoms with van der Waals surface area (Å²) < 4.78 is 0. The van der Waals surface area contributed by atoms with Gasteiger partial charge in [0.15, 0.2) is 5.13 Å². The van der Waals surface area contributed by atoms with Gasteiger partial charge in [-0.05, 0) is 12.1 Å². The summed E-state index contributed by atoms with van der Waals surface area (Å²) in [6.45, 7) is 0. The summed E-state index contributed by atoms with van der Waals surface area (Å²) in [7, 11) is 0. The smallest absolute Gasteiger partial charge is 0.319 e. The number of thiazole rings is 1. The van der Waals surface area contributed by atoms with E-state index < -0.39 is 4.92 Å². The molecule has 3 aromatic heterocycles. The maximum absolute atomic E-state index is 11.4. The number of anilines is 4. The minimum Gasteiger partial charge on any atom is -0.319 e. The van der Waals surface area contributed by atoms with Crippen molar-refractivity contribution in [2.24, 2.45) is 0 Å². The zero-order valence-electron chi connectivity index (χ0n) is 11.3. The number of rotatable bonds is 5. The highest BCUT2D eigenvalue weighted by molar-refractivity contribution is 7.13. The first-order valence-electron chi connectivity index (χ1n) is 6.18. The first kappa shape index (κ1) is 15.1. The van der Waals surface area contributed by atoms with E-state index in [1.54, 1.807) is 23.7 Å². The molecule has 0 fully saturated rings. The quantitative estimate of drug-likeness (QED) is 0.531. The molecule has 0 radical (unpaired) electrons. The van der Waals surface area contributed by atoms with E-state index in [9.17, 15) is 10.1 Å². The van der Waals surface area contributed by atoms with Gasteiger partial charge in [0.2, 0.25) is 11.6 Å². The molecular formula is C12H8ClN7O2S. The van der Waals surface area contributed by atoms with Crippen LogP contribution in [0.3, 0.4) is 0 Å². The maximum atomic E-state index is 11.4. The van der Waals surface area contributed by atoms with E-state index in [2.05, 4.69) is 30.6 Å². The molecule has 0 unspecified atom stereocenters. The van der Waals surface area contributed by atoms with Crippen LogP contribution in [0.5, 0.6) is 0 Å². The molecule has 0 saturated heterocycles. The summed E-state index contributed by atoms with van der Waals surface area (Å²) >= 11 is 7.06. The normalized spacial score (nSPS) is 10.3. The van der Waals surface area contributed by atoms with Crippen molar-refractivity contribution >= 4 is 51.2 Å². The second-order valence-electron chi connectivity index (χ2n) is 4.13. The van der Waals surface area contributed by atoms with Crippen molar-refractivity contribution in [3.8, 4) is 0 Å². The summed E-state index contributed by atoms with van der Waals surface area (Å²) in [4.78, 5) is 26.7. The van der Waals surface area contributed by atoms with E-state index in [0.717, 1.165) is 0 Å². The lowest BCUT2D eigenvalue weighted by Gasteiger charge is -2.08. The van der Waals surface area contributed by atoms with Gasteiger partial charge < -0.3 is 10.6 Å². The average molecular weight is 350 g/mol. The molecule has 0 bridgehead atoms. The first-order chi connectivity index (χ1) is 11.1. The van der Waals surface area contributed by atoms with Gasteiger partial charge in [0.1, 0.15) is 12.1 Å². The molecule has 0 aliphatic carbocycles. The van der Waals surface area contributed by atoms with Gasteiger partial charge in [-0.1, -0.05) is 11.6 Å². The van der Waals surface area contributed by atoms with E-state index >= 15 is 0 Å². The first-order valence-corrected chi connectivity index (χ1v) is 7.44. The van der Waals surface area contributed by atoms with Crippen LogP contribution in [-0.2, 0) is 0 Å². The van der Waals surface area contributed by atoms with Crippen LogP contribution in [0.25, 0.3) is 0 Å². The second-order valence-corrected chi connectivity index (χ2v) is 5.46. The van der Waals surface area contributed by atoms with Gasteiger partial charge >= 0.3 is 5.69 Å². The molecule has 9 nitrogen and oxygen atoms in total. The van der Waals surface area contributed by atoms with Crippen LogP contribution in [0, 0.1) is 10.1 Å². The Morgan fingerprint density at radius 3 is 2.52 bits per heavy atom. The van der Waals surface area contributed by atoms with Crippen molar-refractivity contribution in [3.63, 3.8) is 0 Å². The third-order valence-electron chi connectivity index (χ3n) is 2.64. The molecule has 0 amide bonds. The standard InChI is InChI=1S/C12H8ClN7O2S/c13-7-1-2-8(15-5-7)18-10-9(20(21)22)11(17-6-16-10)19-12-14-3-4-23-12/h1-6H,(H2,14,15,16,17,18,19). The van der Waals surface area contributed by atoms with Crippen molar-refractivity contribution in [3.05, 3.63) is 51.4 Å². The van der Waals surface area contributed by atoms with Gasteiger partial charge in [-0.15, -0.1) is 11.3 Å². The summed E-state index contributed by atoms with van der Waals surface area (Å²) in [6, 6.07) is 3.20. The minimum atomic E-state index is -0.575. The number of hydrogen-bond donors (Lipinski definition) is 2. The average Bonchev–Trinajstić information content (AvgIpc) is 3.02. The van der Waals surface area contributed by atoms with Crippen molar-refractivity contribution in [2.75, 3.05) is 10.6 Å². The van der Waals surface area contributed by atoms with E-state index in [1.165, 1.54) is 23.9 Å². The predicted molar refractivity (Wildman–Crippen MR) is 86.6 cm³/mol. The zero-order valence-corrected chi connectivity index (χ0v) is 12.9.